The van der Waals surface area contributed by atoms with Crippen molar-refractivity contribution in [1.82, 2.24) is 34.4 Å². The number of fused-ring (bicyclic) bond motifs is 5. The fourth-order valence-corrected chi connectivity index (χ4v) is 9.26. The lowest BCUT2D eigenvalue weighted by Crippen LogP contribution is -2.38. The second-order valence-electron chi connectivity index (χ2n) is 15.3. The molecule has 12 nitrogen and oxygen atoms in total. The van der Waals surface area contributed by atoms with E-state index in [1.807, 2.05) is 0 Å². The Bertz CT molecular complexity index is 3170. The van der Waals surface area contributed by atoms with Crippen molar-refractivity contribution in [1.29, 1.82) is 0 Å². The summed E-state index contributed by atoms with van der Waals surface area (Å²) in [5.74, 6) is -9.02. The number of carbonyl (C=O) groups excluding carboxylic acids is 1. The highest BCUT2D eigenvalue weighted by atomic mass is 35.5. The third kappa shape index (κ3) is 7.24. The first-order valence-electron chi connectivity index (χ1n) is 18.8. The molecule has 3 heterocycles. The van der Waals surface area contributed by atoms with Crippen molar-refractivity contribution in [3.8, 4) is 16.8 Å². The molecule has 0 saturated heterocycles. The van der Waals surface area contributed by atoms with Crippen molar-refractivity contribution < 1.29 is 39.6 Å². The number of anilines is 1. The normalized spacial score (nSPS) is 17.1. The van der Waals surface area contributed by atoms with Gasteiger partial charge in [-0.05, 0) is 77.6 Å². The van der Waals surface area contributed by atoms with Crippen molar-refractivity contribution in [2.75, 3.05) is 11.0 Å². The van der Waals surface area contributed by atoms with E-state index in [4.69, 9.17) is 28.2 Å². The van der Waals surface area contributed by atoms with Gasteiger partial charge in [-0.1, -0.05) is 41.4 Å². The highest BCUT2D eigenvalue weighted by Gasteiger charge is 2.67. The van der Waals surface area contributed by atoms with Gasteiger partial charge in [-0.2, -0.15) is 19.0 Å². The number of amides is 1. The number of alkyl halides is 4. The van der Waals surface area contributed by atoms with Crippen LogP contribution in [0.25, 0.3) is 38.6 Å². The Hall–Kier alpha value is -5.92. The maximum absolute atomic E-state index is 15.5. The Kier molecular flexibility index (Phi) is 9.94. The van der Waals surface area contributed by atoms with Crippen LogP contribution in [-0.4, -0.2) is 49.7 Å². The summed E-state index contributed by atoms with van der Waals surface area (Å²) in [7, 11) is -2.45. The molecule has 2 aliphatic rings. The molecule has 0 radical (unpaired) electrons. The summed E-state index contributed by atoms with van der Waals surface area (Å²) in [6, 6.07) is 15.4. The molecule has 62 heavy (non-hydrogen) atoms. The van der Waals surface area contributed by atoms with Gasteiger partial charge in [-0.15, -0.1) is 0 Å². The minimum absolute atomic E-state index is 0.00475. The minimum Gasteiger partial charge on any atom is -0.344 e. The number of halogens is 8. The summed E-state index contributed by atoms with van der Waals surface area (Å²) < 4.78 is 119. The molecule has 2 aliphatic carbocycles. The molecular weight excluding hydrogens is 885 g/mol. The van der Waals surface area contributed by atoms with Gasteiger partial charge in [0.25, 0.3) is 17.9 Å². The molecule has 3 atom stereocenters. The Morgan fingerprint density at radius 2 is 1.66 bits per heavy atom. The number of carbonyl (C=O) groups is 1. The Balaban J connectivity index is 1.26. The van der Waals surface area contributed by atoms with Gasteiger partial charge in [0.15, 0.2) is 5.82 Å². The Morgan fingerprint density at radius 1 is 0.968 bits per heavy atom. The van der Waals surface area contributed by atoms with Crippen molar-refractivity contribution in [3.63, 3.8) is 0 Å². The molecule has 21 heteroatoms. The number of hydrogen-bond donors (Lipinski definition) is 2. The molecule has 7 aromatic rings. The molecule has 0 spiro atoms. The monoisotopic (exact) mass is 914 g/mol. The zero-order chi connectivity index (χ0) is 44.2. The van der Waals surface area contributed by atoms with Crippen LogP contribution in [0.5, 0.6) is 0 Å². The van der Waals surface area contributed by atoms with Crippen LogP contribution in [0, 0.1) is 17.6 Å². The zero-order valence-electron chi connectivity index (χ0n) is 32.1. The predicted octanol–water partition coefficient (Wildman–Crippen LogP) is 8.34. The van der Waals surface area contributed by atoms with Gasteiger partial charge in [0, 0.05) is 36.0 Å². The Morgan fingerprint density at radius 3 is 2.34 bits per heavy atom. The minimum atomic E-state index is -3.91. The fourth-order valence-electron chi connectivity index (χ4n) is 8.40. The summed E-state index contributed by atoms with van der Waals surface area (Å²) in [4.78, 5) is 34.0. The SMILES string of the molecule is Cn1nc(NS(C)(=O)=O)c2c(Cl)ccc(-n3c([C@H](Cc4cc(F)cc(F)c4)NC(=O)Cn4nc(C(F)F)c5c4C(F)(F)[C@H]4CC54)nc4cc(-c5ccc(Cl)cc5)ccc4c3=O)c21. The largest absolute Gasteiger partial charge is 0.344 e. The van der Waals surface area contributed by atoms with Crippen LogP contribution >= 0.6 is 23.2 Å². The molecule has 3 aromatic heterocycles. The third-order valence-corrected chi connectivity index (χ3v) is 12.1. The molecule has 1 unspecified atom stereocenters. The van der Waals surface area contributed by atoms with E-state index in [2.05, 4.69) is 20.2 Å². The van der Waals surface area contributed by atoms with Crippen LogP contribution in [0.2, 0.25) is 10.0 Å². The zero-order valence-corrected chi connectivity index (χ0v) is 34.4. The summed E-state index contributed by atoms with van der Waals surface area (Å²) in [6.07, 6.45) is -2.77. The topological polar surface area (TPSA) is 146 Å². The highest BCUT2D eigenvalue weighted by molar-refractivity contribution is 7.92. The molecule has 320 valence electrons. The summed E-state index contributed by atoms with van der Waals surface area (Å²) >= 11 is 12.7. The molecule has 2 N–H and O–H groups in total. The molecule has 1 amide bonds. The van der Waals surface area contributed by atoms with Gasteiger partial charge in [0.1, 0.15) is 35.4 Å². The van der Waals surface area contributed by atoms with Crippen LogP contribution in [0.1, 0.15) is 53.1 Å². The number of aryl methyl sites for hydroxylation is 1. The summed E-state index contributed by atoms with van der Waals surface area (Å²) in [5.41, 5.74) is -1.18. The highest BCUT2D eigenvalue weighted by Crippen LogP contribution is 2.68. The maximum atomic E-state index is 15.5. The maximum Gasteiger partial charge on any atom is 0.293 e. The van der Waals surface area contributed by atoms with Gasteiger partial charge in [0.05, 0.1) is 44.8 Å². The third-order valence-electron chi connectivity index (χ3n) is 11.0. The average molecular weight is 916 g/mol. The second kappa shape index (κ2) is 14.9. The van der Waals surface area contributed by atoms with E-state index in [9.17, 15) is 35.6 Å². The Labute approximate surface area is 357 Å². The van der Waals surface area contributed by atoms with Crippen molar-refractivity contribution in [2.45, 2.75) is 43.7 Å². The van der Waals surface area contributed by atoms with E-state index in [1.165, 1.54) is 29.9 Å². The quantitative estimate of drug-likeness (QED) is 0.124. The number of aromatic nitrogens is 6. The molecule has 0 aliphatic heterocycles. The van der Waals surface area contributed by atoms with E-state index >= 15 is 8.78 Å². The van der Waals surface area contributed by atoms with Gasteiger partial charge >= 0.3 is 0 Å². The van der Waals surface area contributed by atoms with Crippen LogP contribution in [-0.2, 0) is 40.8 Å². The second-order valence-corrected chi connectivity index (χ2v) is 17.9. The lowest BCUT2D eigenvalue weighted by molar-refractivity contribution is -0.123. The van der Waals surface area contributed by atoms with Crippen LogP contribution in [0.15, 0.2) is 77.6 Å². The number of nitrogens with zero attached hydrogens (tertiary/aromatic N) is 6. The standard InChI is InChI=1S/C41H30Cl2F6N8O4S/c1-55-35-30(10-9-27(43)33(35)38(53-55)54-62(2,60)61)57-39(51-28-14-20(5-8-24(28)40(57)59)19-3-6-21(42)7-4-19)29(13-18-11-22(44)15-23(45)12-18)50-31(58)17-56-36-32(34(52-56)37(46)47)25-16-26(25)41(36,48)49/h3-12,14-15,25-26,29,37H,13,16-17H2,1-2H3,(H,50,58)(H,53,54)/t25?,26-,29-/m0/s1. The lowest BCUT2D eigenvalue weighted by Gasteiger charge is -2.24. The number of sulfonamides is 1. The van der Waals surface area contributed by atoms with E-state index < -0.39 is 87.7 Å². The molecule has 1 saturated carbocycles. The number of rotatable bonds is 11. The van der Waals surface area contributed by atoms with Crippen molar-refractivity contribution in [3.05, 3.63) is 133 Å². The molecular formula is C41H30Cl2F6N8O4S. The number of nitrogens with one attached hydrogen (secondary N) is 2. The summed E-state index contributed by atoms with van der Waals surface area (Å²) in [6.45, 7) is -0.982. The van der Waals surface area contributed by atoms with Crippen LogP contribution in [0.3, 0.4) is 0 Å². The first-order chi connectivity index (χ1) is 29.3. The van der Waals surface area contributed by atoms with E-state index in [0.717, 1.165) is 23.0 Å². The van der Waals surface area contributed by atoms with Crippen LogP contribution < -0.4 is 15.6 Å². The van der Waals surface area contributed by atoms with Crippen LogP contribution in [0.4, 0.5) is 32.2 Å². The number of benzene rings is 4. The fraction of sp³-hybridized carbons (Fsp3) is 0.244. The first kappa shape index (κ1) is 41.4. The number of hydrogen-bond acceptors (Lipinski definition) is 7. The van der Waals surface area contributed by atoms with E-state index in [0.29, 0.717) is 26.9 Å². The average Bonchev–Trinajstić information content (AvgIpc) is 3.73. The smallest absolute Gasteiger partial charge is 0.293 e. The van der Waals surface area contributed by atoms with E-state index in [1.54, 1.807) is 36.4 Å². The predicted molar refractivity (Wildman–Crippen MR) is 218 cm³/mol. The molecule has 9 rings (SSSR count). The van der Waals surface area contributed by atoms with Gasteiger partial charge in [-0.3, -0.25) is 28.2 Å². The lowest BCUT2D eigenvalue weighted by atomic mass is 10.0. The van der Waals surface area contributed by atoms with Gasteiger partial charge in [0.2, 0.25) is 15.9 Å². The molecule has 0 bridgehead atoms. The van der Waals surface area contributed by atoms with Gasteiger partial charge in [-0.25, -0.2) is 31.0 Å². The van der Waals surface area contributed by atoms with Crippen molar-refractivity contribution >= 4 is 66.8 Å². The van der Waals surface area contributed by atoms with Gasteiger partial charge < -0.3 is 5.32 Å². The molecule has 4 aromatic carbocycles. The molecule has 1 fully saturated rings. The van der Waals surface area contributed by atoms with E-state index in [-0.39, 0.29) is 61.7 Å². The van der Waals surface area contributed by atoms with Crippen molar-refractivity contribution in [2.24, 2.45) is 13.0 Å². The first-order valence-corrected chi connectivity index (χ1v) is 21.4. The summed E-state index contributed by atoms with van der Waals surface area (Å²) in [5, 5.41) is 11.3.